The van der Waals surface area contributed by atoms with Gasteiger partial charge in [0.2, 0.25) is 0 Å². The highest BCUT2D eigenvalue weighted by molar-refractivity contribution is 7.22. The van der Waals surface area contributed by atoms with Crippen LogP contribution in [0.15, 0.2) is 42.5 Å². The van der Waals surface area contributed by atoms with Crippen LogP contribution in [0.4, 0.5) is 5.13 Å². The summed E-state index contributed by atoms with van der Waals surface area (Å²) >= 11 is 1.52. The zero-order valence-electron chi connectivity index (χ0n) is 20.2. The number of thiazole rings is 1. The highest BCUT2D eigenvalue weighted by Gasteiger charge is 2.22. The Balaban J connectivity index is 1.90. The second-order valence-electron chi connectivity index (χ2n) is 7.77. The van der Waals surface area contributed by atoms with Crippen molar-refractivity contribution in [2.75, 3.05) is 44.3 Å². The monoisotopic (exact) mass is 469 g/mol. The van der Waals surface area contributed by atoms with Gasteiger partial charge in [-0.2, -0.15) is 0 Å². The van der Waals surface area contributed by atoms with Gasteiger partial charge in [0.1, 0.15) is 11.5 Å². The molecular formula is C26H35N3O3S. The normalized spacial score (nSPS) is 11.2. The number of rotatable bonds is 13. The lowest BCUT2D eigenvalue weighted by molar-refractivity contribution is 0.0983. The number of hydrogen-bond acceptors (Lipinski definition) is 6. The molecule has 0 atom stereocenters. The predicted molar refractivity (Wildman–Crippen MR) is 137 cm³/mol. The van der Waals surface area contributed by atoms with E-state index >= 15 is 0 Å². The minimum absolute atomic E-state index is 0.0628. The summed E-state index contributed by atoms with van der Waals surface area (Å²) in [5.41, 5.74) is 1.48. The lowest BCUT2D eigenvalue weighted by Gasteiger charge is -2.25. The van der Waals surface area contributed by atoms with Crippen LogP contribution >= 0.6 is 11.3 Å². The van der Waals surface area contributed by atoms with Crippen LogP contribution in [0.25, 0.3) is 10.2 Å². The number of benzene rings is 2. The van der Waals surface area contributed by atoms with Crippen LogP contribution in [0.1, 0.15) is 50.9 Å². The van der Waals surface area contributed by atoms with E-state index in [9.17, 15) is 4.79 Å². The van der Waals surface area contributed by atoms with Gasteiger partial charge in [0.15, 0.2) is 5.13 Å². The number of unbranched alkanes of at least 4 members (excludes halogenated alkanes) is 1. The molecule has 3 rings (SSSR count). The van der Waals surface area contributed by atoms with Gasteiger partial charge in [0.05, 0.1) is 23.4 Å². The number of nitrogens with zero attached hydrogens (tertiary/aromatic N) is 3. The third-order valence-corrected chi connectivity index (χ3v) is 6.56. The van der Waals surface area contributed by atoms with Crippen LogP contribution in [0, 0.1) is 0 Å². The van der Waals surface area contributed by atoms with Crippen molar-refractivity contribution in [3.63, 3.8) is 0 Å². The maximum Gasteiger partial charge on any atom is 0.260 e. The van der Waals surface area contributed by atoms with E-state index in [-0.39, 0.29) is 5.91 Å². The van der Waals surface area contributed by atoms with Crippen molar-refractivity contribution < 1.29 is 14.3 Å². The van der Waals surface area contributed by atoms with Gasteiger partial charge in [0, 0.05) is 18.7 Å². The smallest absolute Gasteiger partial charge is 0.260 e. The number of amides is 1. The van der Waals surface area contributed by atoms with E-state index in [1.54, 1.807) is 4.90 Å². The second-order valence-corrected chi connectivity index (χ2v) is 8.78. The van der Waals surface area contributed by atoms with Crippen molar-refractivity contribution in [3.05, 3.63) is 48.0 Å². The first-order chi connectivity index (χ1) is 16.1. The third-order valence-electron chi connectivity index (χ3n) is 5.52. The first kappa shape index (κ1) is 25.0. The van der Waals surface area contributed by atoms with Crippen LogP contribution in [-0.4, -0.2) is 55.2 Å². The van der Waals surface area contributed by atoms with Crippen LogP contribution in [0.3, 0.4) is 0 Å². The number of likely N-dealkylation sites (N-methyl/N-ethyl adjacent to an activating group) is 1. The topological polar surface area (TPSA) is 54.9 Å². The summed E-state index contributed by atoms with van der Waals surface area (Å²) in [6.45, 7) is 12.9. The fourth-order valence-electron chi connectivity index (χ4n) is 3.54. The zero-order valence-corrected chi connectivity index (χ0v) is 21.0. The zero-order chi connectivity index (χ0) is 23.6. The number of anilines is 1. The van der Waals surface area contributed by atoms with Crippen molar-refractivity contribution in [1.82, 2.24) is 9.88 Å². The van der Waals surface area contributed by atoms with Crippen molar-refractivity contribution in [2.24, 2.45) is 0 Å². The Labute approximate surface area is 201 Å². The van der Waals surface area contributed by atoms with Gasteiger partial charge < -0.3 is 14.4 Å². The van der Waals surface area contributed by atoms with Crippen molar-refractivity contribution in [3.8, 4) is 11.5 Å². The molecule has 0 bridgehead atoms. The molecule has 0 saturated heterocycles. The van der Waals surface area contributed by atoms with Gasteiger partial charge in [-0.3, -0.25) is 9.69 Å². The average Bonchev–Trinajstić information content (AvgIpc) is 3.25. The van der Waals surface area contributed by atoms with E-state index in [4.69, 9.17) is 14.5 Å². The molecular weight excluding hydrogens is 434 g/mol. The van der Waals surface area contributed by atoms with Gasteiger partial charge in [-0.15, -0.1) is 0 Å². The molecule has 0 spiro atoms. The Hall–Kier alpha value is -2.64. The molecule has 1 aromatic heterocycles. The first-order valence-corrected chi connectivity index (χ1v) is 12.7. The molecule has 0 aliphatic carbocycles. The minimum atomic E-state index is -0.0628. The van der Waals surface area contributed by atoms with Gasteiger partial charge >= 0.3 is 0 Å². The van der Waals surface area contributed by atoms with Crippen molar-refractivity contribution >= 4 is 32.6 Å². The summed E-state index contributed by atoms with van der Waals surface area (Å²) in [7, 11) is 0. The Bertz CT molecular complexity index is 1030. The standard InChI is InChI=1S/C26H35N3O3S/c1-5-9-17-32-21-12-10-11-20(18-21)25(30)29(16-15-28(6-2)7-3)26-27-23-14-13-22(31-8-4)19-24(23)33-26/h10-14,18-19H,5-9,15-17H2,1-4H3. The molecule has 1 amide bonds. The van der Waals surface area contributed by atoms with Gasteiger partial charge in [0.25, 0.3) is 5.91 Å². The van der Waals surface area contributed by atoms with Crippen LogP contribution in [-0.2, 0) is 0 Å². The number of fused-ring (bicyclic) bond motifs is 1. The highest BCUT2D eigenvalue weighted by Crippen LogP contribution is 2.32. The Morgan fingerprint density at radius 3 is 2.48 bits per heavy atom. The minimum Gasteiger partial charge on any atom is -0.494 e. The van der Waals surface area contributed by atoms with Crippen LogP contribution in [0.5, 0.6) is 11.5 Å². The summed E-state index contributed by atoms with van der Waals surface area (Å²) in [4.78, 5) is 22.6. The van der Waals surface area contributed by atoms with Gasteiger partial charge in [-0.1, -0.05) is 44.6 Å². The Kier molecular flexibility index (Phi) is 9.51. The Morgan fingerprint density at radius 1 is 0.970 bits per heavy atom. The fraction of sp³-hybridized carbons (Fsp3) is 0.462. The summed E-state index contributed by atoms with van der Waals surface area (Å²) in [6, 6.07) is 13.3. The van der Waals surface area contributed by atoms with E-state index in [1.807, 2.05) is 49.4 Å². The van der Waals surface area contributed by atoms with Crippen LogP contribution in [0.2, 0.25) is 0 Å². The molecule has 0 unspecified atom stereocenters. The predicted octanol–water partition coefficient (Wildman–Crippen LogP) is 5.86. The maximum atomic E-state index is 13.7. The molecule has 0 radical (unpaired) electrons. The lowest BCUT2D eigenvalue weighted by atomic mass is 10.2. The molecule has 0 saturated carbocycles. The fourth-order valence-corrected chi connectivity index (χ4v) is 4.56. The summed E-state index contributed by atoms with van der Waals surface area (Å²) < 4.78 is 12.5. The summed E-state index contributed by atoms with van der Waals surface area (Å²) in [5, 5.41) is 0.702. The van der Waals surface area contributed by atoms with Crippen molar-refractivity contribution in [1.29, 1.82) is 0 Å². The SMILES string of the molecule is CCCCOc1cccc(C(=O)N(CCN(CC)CC)c2nc3ccc(OCC)cc3s2)c1. The molecule has 0 fully saturated rings. The molecule has 178 valence electrons. The number of carbonyl (C=O) groups excluding carboxylic acids is 1. The number of carbonyl (C=O) groups is 1. The van der Waals surface area contributed by atoms with E-state index in [2.05, 4.69) is 25.7 Å². The highest BCUT2D eigenvalue weighted by atomic mass is 32.1. The molecule has 1 heterocycles. The maximum absolute atomic E-state index is 13.7. The molecule has 0 N–H and O–H groups in total. The molecule has 6 nitrogen and oxygen atoms in total. The molecule has 3 aromatic rings. The number of aromatic nitrogens is 1. The molecule has 0 aliphatic heterocycles. The summed E-state index contributed by atoms with van der Waals surface area (Å²) in [5.74, 6) is 1.48. The van der Waals surface area contributed by atoms with Crippen LogP contribution < -0.4 is 14.4 Å². The lowest BCUT2D eigenvalue weighted by Crippen LogP contribution is -2.38. The van der Waals surface area contributed by atoms with E-state index < -0.39 is 0 Å². The Morgan fingerprint density at radius 2 is 1.76 bits per heavy atom. The van der Waals surface area contributed by atoms with E-state index in [1.165, 1.54) is 11.3 Å². The van der Waals surface area contributed by atoms with Crippen molar-refractivity contribution in [2.45, 2.75) is 40.5 Å². The number of ether oxygens (including phenoxy) is 2. The van der Waals surface area contributed by atoms with Gasteiger partial charge in [-0.05, 0) is 62.8 Å². The first-order valence-electron chi connectivity index (χ1n) is 11.9. The largest absolute Gasteiger partial charge is 0.494 e. The third kappa shape index (κ3) is 6.68. The quantitative estimate of drug-likeness (QED) is 0.293. The molecule has 2 aromatic carbocycles. The molecule has 0 aliphatic rings. The molecule has 7 heteroatoms. The van der Waals surface area contributed by atoms with E-state index in [0.29, 0.717) is 30.5 Å². The van der Waals surface area contributed by atoms with Gasteiger partial charge in [-0.25, -0.2) is 4.98 Å². The molecule has 33 heavy (non-hydrogen) atoms. The second kappa shape index (κ2) is 12.6. The van der Waals surface area contributed by atoms with E-state index in [0.717, 1.165) is 54.2 Å². The summed E-state index contributed by atoms with van der Waals surface area (Å²) in [6.07, 6.45) is 2.06. The average molecular weight is 470 g/mol. The number of hydrogen-bond donors (Lipinski definition) is 0.